The van der Waals surface area contributed by atoms with Crippen LogP contribution in [0.3, 0.4) is 0 Å². The molecule has 1 N–H and O–H groups in total. The molecular formula is C25H26N4O3. The molecule has 164 valence electrons. The molecule has 7 nitrogen and oxygen atoms in total. The summed E-state index contributed by atoms with van der Waals surface area (Å²) in [6.07, 6.45) is 2.44. The Labute approximate surface area is 187 Å². The number of amides is 1. The summed E-state index contributed by atoms with van der Waals surface area (Å²) >= 11 is 0. The number of carbonyl (C=O) groups excluding carboxylic acids is 1. The van der Waals surface area contributed by atoms with Gasteiger partial charge in [0.05, 0.1) is 43.1 Å². The van der Waals surface area contributed by atoms with Crippen molar-refractivity contribution < 1.29 is 14.3 Å². The van der Waals surface area contributed by atoms with Gasteiger partial charge in [0.25, 0.3) is 5.91 Å². The predicted molar refractivity (Wildman–Crippen MR) is 124 cm³/mol. The Morgan fingerprint density at radius 1 is 1.03 bits per heavy atom. The highest BCUT2D eigenvalue weighted by atomic mass is 16.5. The molecule has 2 aromatic heterocycles. The van der Waals surface area contributed by atoms with Crippen molar-refractivity contribution in [1.82, 2.24) is 20.1 Å². The molecule has 1 amide bonds. The number of carbonyl (C=O) groups is 1. The fourth-order valence-electron chi connectivity index (χ4n) is 3.71. The largest absolute Gasteiger partial charge is 0.497 e. The van der Waals surface area contributed by atoms with E-state index in [9.17, 15) is 4.79 Å². The maximum Gasteiger partial charge on any atom is 0.252 e. The zero-order valence-corrected chi connectivity index (χ0v) is 18.6. The van der Waals surface area contributed by atoms with E-state index in [-0.39, 0.29) is 11.9 Å². The smallest absolute Gasteiger partial charge is 0.252 e. The number of methoxy groups -OCH3 is 2. The Morgan fingerprint density at radius 2 is 1.66 bits per heavy atom. The summed E-state index contributed by atoms with van der Waals surface area (Å²) in [5, 5.41) is 8.20. The van der Waals surface area contributed by atoms with Crippen LogP contribution in [0.5, 0.6) is 11.5 Å². The molecule has 0 aliphatic carbocycles. The molecular weight excluding hydrogens is 404 g/mol. The first-order valence-corrected chi connectivity index (χ1v) is 10.5. The van der Waals surface area contributed by atoms with E-state index in [0.717, 1.165) is 29.0 Å². The first kappa shape index (κ1) is 21.4. The molecule has 0 saturated carbocycles. The van der Waals surface area contributed by atoms with Crippen LogP contribution in [0.4, 0.5) is 0 Å². The monoisotopic (exact) mass is 430 g/mol. The Kier molecular flexibility index (Phi) is 6.07. The van der Waals surface area contributed by atoms with Gasteiger partial charge in [-0.15, -0.1) is 0 Å². The number of aromatic nitrogens is 3. The summed E-state index contributed by atoms with van der Waals surface area (Å²) in [7, 11) is 5.09. The van der Waals surface area contributed by atoms with Gasteiger partial charge in [0, 0.05) is 12.6 Å². The van der Waals surface area contributed by atoms with Crippen LogP contribution in [0.15, 0.2) is 60.8 Å². The number of pyridine rings is 1. The Hall–Kier alpha value is -3.87. The second-order valence-corrected chi connectivity index (χ2v) is 7.50. The summed E-state index contributed by atoms with van der Waals surface area (Å²) in [5.41, 5.74) is 3.81. The quantitative estimate of drug-likeness (QED) is 0.466. The highest BCUT2D eigenvalue weighted by molar-refractivity contribution is 6.06. The lowest BCUT2D eigenvalue weighted by molar-refractivity contribution is 0.0937. The van der Waals surface area contributed by atoms with Crippen molar-refractivity contribution in [3.8, 4) is 22.8 Å². The van der Waals surface area contributed by atoms with Crippen LogP contribution in [0.2, 0.25) is 0 Å². The highest BCUT2D eigenvalue weighted by Crippen LogP contribution is 2.27. The lowest BCUT2D eigenvalue weighted by atomic mass is 10.0. The van der Waals surface area contributed by atoms with Gasteiger partial charge in [-0.1, -0.05) is 19.1 Å². The van der Waals surface area contributed by atoms with E-state index in [4.69, 9.17) is 14.5 Å². The molecule has 0 aliphatic rings. The van der Waals surface area contributed by atoms with E-state index in [1.165, 1.54) is 0 Å². The summed E-state index contributed by atoms with van der Waals surface area (Å²) in [5.74, 6) is 1.38. The molecule has 0 aliphatic heterocycles. The molecule has 4 aromatic rings. The Morgan fingerprint density at radius 3 is 2.25 bits per heavy atom. The highest BCUT2D eigenvalue weighted by Gasteiger charge is 2.20. The Balaban J connectivity index is 1.70. The average Bonchev–Trinajstić information content (AvgIpc) is 3.22. The predicted octanol–water partition coefficient (Wildman–Crippen LogP) is 4.53. The van der Waals surface area contributed by atoms with Gasteiger partial charge in [-0.3, -0.25) is 9.48 Å². The van der Waals surface area contributed by atoms with E-state index < -0.39 is 0 Å². The van der Waals surface area contributed by atoms with Crippen LogP contribution in [-0.4, -0.2) is 34.9 Å². The van der Waals surface area contributed by atoms with Crippen LogP contribution in [0.1, 0.15) is 35.3 Å². The van der Waals surface area contributed by atoms with Crippen molar-refractivity contribution in [2.75, 3.05) is 14.2 Å². The summed E-state index contributed by atoms with van der Waals surface area (Å²) < 4.78 is 12.2. The molecule has 0 radical (unpaired) electrons. The van der Waals surface area contributed by atoms with Gasteiger partial charge in [0.15, 0.2) is 5.65 Å². The summed E-state index contributed by atoms with van der Waals surface area (Å²) in [6.45, 7) is 2.05. The third-order valence-electron chi connectivity index (χ3n) is 5.57. The van der Waals surface area contributed by atoms with E-state index >= 15 is 0 Å². The van der Waals surface area contributed by atoms with Crippen LogP contribution >= 0.6 is 0 Å². The van der Waals surface area contributed by atoms with Gasteiger partial charge in [-0.05, 0) is 54.4 Å². The normalized spacial score (nSPS) is 11.9. The Bertz CT molecular complexity index is 1230. The third kappa shape index (κ3) is 4.14. The topological polar surface area (TPSA) is 78.3 Å². The molecule has 7 heteroatoms. The number of ether oxygens (including phenoxy) is 2. The van der Waals surface area contributed by atoms with Gasteiger partial charge in [0.2, 0.25) is 0 Å². The van der Waals surface area contributed by atoms with E-state index in [1.807, 2.05) is 68.6 Å². The lowest BCUT2D eigenvalue weighted by Crippen LogP contribution is -2.28. The minimum atomic E-state index is -0.164. The molecule has 0 saturated heterocycles. The number of fused-ring (bicyclic) bond motifs is 1. The van der Waals surface area contributed by atoms with Gasteiger partial charge in [0.1, 0.15) is 11.5 Å². The summed E-state index contributed by atoms with van der Waals surface area (Å²) in [4.78, 5) is 18.1. The maximum absolute atomic E-state index is 13.4. The van der Waals surface area contributed by atoms with Gasteiger partial charge < -0.3 is 14.8 Å². The number of hydrogen-bond acceptors (Lipinski definition) is 5. The van der Waals surface area contributed by atoms with Crippen molar-refractivity contribution in [1.29, 1.82) is 0 Å². The van der Waals surface area contributed by atoms with Crippen LogP contribution in [-0.2, 0) is 7.05 Å². The molecule has 0 unspecified atom stereocenters. The molecule has 0 bridgehead atoms. The standard InChI is InChI=1S/C25H26N4O3/c1-5-22(16-6-10-18(31-3)11-7-16)28-25(30)20-14-23(17-8-12-19(32-4)13-9-17)27-24-21(20)15-26-29(24)2/h6-15,22H,5H2,1-4H3,(H,28,30)/t22-/m1/s1. The third-order valence-corrected chi connectivity index (χ3v) is 5.57. The number of aryl methyl sites for hydroxylation is 1. The number of nitrogens with one attached hydrogen (secondary N) is 1. The van der Waals surface area contributed by atoms with E-state index in [1.54, 1.807) is 25.1 Å². The average molecular weight is 431 g/mol. The van der Waals surface area contributed by atoms with E-state index in [2.05, 4.69) is 10.4 Å². The second kappa shape index (κ2) is 9.09. The maximum atomic E-state index is 13.4. The SMILES string of the molecule is CC[C@@H](NC(=O)c1cc(-c2ccc(OC)cc2)nc2c1cnn2C)c1ccc(OC)cc1. The molecule has 32 heavy (non-hydrogen) atoms. The number of benzene rings is 2. The molecule has 2 aromatic carbocycles. The van der Waals surface area contributed by atoms with Gasteiger partial charge >= 0.3 is 0 Å². The number of nitrogens with zero attached hydrogens (tertiary/aromatic N) is 3. The number of rotatable bonds is 7. The van der Waals surface area contributed by atoms with Crippen molar-refractivity contribution in [3.05, 3.63) is 71.9 Å². The van der Waals surface area contributed by atoms with Crippen molar-refractivity contribution >= 4 is 16.9 Å². The molecule has 0 fully saturated rings. The molecule has 1 atom stereocenters. The van der Waals surface area contributed by atoms with Crippen LogP contribution in [0, 0.1) is 0 Å². The minimum Gasteiger partial charge on any atom is -0.497 e. The van der Waals surface area contributed by atoms with Crippen molar-refractivity contribution in [2.24, 2.45) is 7.05 Å². The van der Waals surface area contributed by atoms with E-state index in [0.29, 0.717) is 22.3 Å². The lowest BCUT2D eigenvalue weighted by Gasteiger charge is -2.18. The van der Waals surface area contributed by atoms with Crippen molar-refractivity contribution in [2.45, 2.75) is 19.4 Å². The molecule has 4 rings (SSSR count). The zero-order chi connectivity index (χ0) is 22.7. The first-order chi connectivity index (χ1) is 15.5. The molecule has 0 spiro atoms. The molecule has 2 heterocycles. The fourth-order valence-corrected chi connectivity index (χ4v) is 3.71. The van der Waals surface area contributed by atoms with Crippen LogP contribution < -0.4 is 14.8 Å². The summed E-state index contributed by atoms with van der Waals surface area (Å²) in [6, 6.07) is 17.1. The van der Waals surface area contributed by atoms with Gasteiger partial charge in [-0.2, -0.15) is 5.10 Å². The van der Waals surface area contributed by atoms with Crippen LogP contribution in [0.25, 0.3) is 22.3 Å². The first-order valence-electron chi connectivity index (χ1n) is 10.5. The zero-order valence-electron chi connectivity index (χ0n) is 18.6. The second-order valence-electron chi connectivity index (χ2n) is 7.50. The minimum absolute atomic E-state index is 0.127. The van der Waals surface area contributed by atoms with Crippen molar-refractivity contribution in [3.63, 3.8) is 0 Å². The van der Waals surface area contributed by atoms with Gasteiger partial charge in [-0.25, -0.2) is 4.98 Å². The fraction of sp³-hybridized carbons (Fsp3) is 0.240. The number of hydrogen-bond donors (Lipinski definition) is 1.